The Kier molecular flexibility index (Phi) is 4.61. The fourth-order valence-corrected chi connectivity index (χ4v) is 1.46. The molecule has 0 aliphatic rings. The maximum absolute atomic E-state index is 12.0. The van der Waals surface area contributed by atoms with Crippen LogP contribution in [0.15, 0.2) is 12.1 Å². The predicted molar refractivity (Wildman–Crippen MR) is 70.1 cm³/mol. The minimum absolute atomic E-state index is 0.293. The Hall–Kier alpha value is -2.15. The van der Waals surface area contributed by atoms with E-state index >= 15 is 0 Å². The SMILES string of the molecule is COc1cc(C(=O)C#CN(C)C)c(OC)cc1C. The highest BCUT2D eigenvalue weighted by atomic mass is 16.5. The van der Waals surface area contributed by atoms with Gasteiger partial charge >= 0.3 is 0 Å². The lowest BCUT2D eigenvalue weighted by Gasteiger charge is -2.10. The summed E-state index contributed by atoms with van der Waals surface area (Å²) in [4.78, 5) is 13.6. The maximum atomic E-state index is 12.0. The van der Waals surface area contributed by atoms with Crippen LogP contribution in [0.2, 0.25) is 0 Å². The molecule has 0 fully saturated rings. The van der Waals surface area contributed by atoms with Crippen molar-refractivity contribution in [3.8, 4) is 23.5 Å². The Balaban J connectivity index is 3.23. The van der Waals surface area contributed by atoms with E-state index in [9.17, 15) is 4.79 Å². The number of carbonyl (C=O) groups is 1. The molecular weight excluding hydrogens is 230 g/mol. The van der Waals surface area contributed by atoms with Crippen LogP contribution in [0.3, 0.4) is 0 Å². The number of Topliss-reactive ketones (excluding diaryl/α,β-unsaturated/α-hetero) is 1. The van der Waals surface area contributed by atoms with E-state index in [-0.39, 0.29) is 5.78 Å². The average Bonchev–Trinajstić information content (AvgIpc) is 2.35. The van der Waals surface area contributed by atoms with E-state index in [1.54, 1.807) is 38.2 Å². The van der Waals surface area contributed by atoms with Gasteiger partial charge in [-0.15, -0.1) is 0 Å². The summed E-state index contributed by atoms with van der Waals surface area (Å²) in [5.74, 6) is 3.40. The van der Waals surface area contributed by atoms with Gasteiger partial charge in [0, 0.05) is 26.1 Å². The van der Waals surface area contributed by atoms with Gasteiger partial charge in [-0.05, 0) is 24.6 Å². The standard InChI is InChI=1S/C14H17NO3/c1-10-8-14(18-5)11(9-13(10)17-4)12(16)6-7-15(2)3/h8-9H,1-5H3. The predicted octanol–water partition coefficient (Wildman–Crippen LogP) is 1.72. The summed E-state index contributed by atoms with van der Waals surface area (Å²) in [6, 6.07) is 6.11. The zero-order valence-corrected chi connectivity index (χ0v) is 11.3. The number of hydrogen-bond acceptors (Lipinski definition) is 4. The van der Waals surface area contributed by atoms with Gasteiger partial charge in [0.05, 0.1) is 19.8 Å². The molecule has 0 heterocycles. The van der Waals surface area contributed by atoms with Crippen LogP contribution in [0.25, 0.3) is 0 Å². The van der Waals surface area contributed by atoms with Crippen LogP contribution in [0.4, 0.5) is 0 Å². The number of methoxy groups -OCH3 is 2. The van der Waals surface area contributed by atoms with Crippen molar-refractivity contribution in [2.24, 2.45) is 0 Å². The van der Waals surface area contributed by atoms with Crippen molar-refractivity contribution < 1.29 is 14.3 Å². The molecule has 18 heavy (non-hydrogen) atoms. The molecule has 0 N–H and O–H groups in total. The van der Waals surface area contributed by atoms with Gasteiger partial charge in [-0.25, -0.2) is 0 Å². The summed E-state index contributed by atoms with van der Waals surface area (Å²) in [7, 11) is 6.63. The number of benzene rings is 1. The largest absolute Gasteiger partial charge is 0.496 e. The Morgan fingerprint density at radius 3 is 2.28 bits per heavy atom. The van der Waals surface area contributed by atoms with Gasteiger partial charge in [-0.2, -0.15) is 0 Å². The van der Waals surface area contributed by atoms with Crippen molar-refractivity contribution in [3.05, 3.63) is 23.3 Å². The first-order chi connectivity index (χ1) is 8.49. The second kappa shape index (κ2) is 5.97. The van der Waals surface area contributed by atoms with E-state index < -0.39 is 0 Å². The van der Waals surface area contributed by atoms with E-state index in [1.807, 2.05) is 6.92 Å². The van der Waals surface area contributed by atoms with Gasteiger partial charge in [0.15, 0.2) is 0 Å². The molecule has 0 saturated carbocycles. The van der Waals surface area contributed by atoms with Gasteiger partial charge in [0.25, 0.3) is 0 Å². The molecule has 0 amide bonds. The fourth-order valence-electron chi connectivity index (χ4n) is 1.46. The van der Waals surface area contributed by atoms with E-state index in [4.69, 9.17) is 9.47 Å². The van der Waals surface area contributed by atoms with Crippen LogP contribution in [-0.2, 0) is 0 Å². The third kappa shape index (κ3) is 3.17. The first-order valence-corrected chi connectivity index (χ1v) is 5.45. The zero-order valence-electron chi connectivity index (χ0n) is 11.3. The van der Waals surface area contributed by atoms with Crippen LogP contribution < -0.4 is 9.47 Å². The monoisotopic (exact) mass is 247 g/mol. The Morgan fingerprint density at radius 2 is 1.78 bits per heavy atom. The quantitative estimate of drug-likeness (QED) is 0.463. The molecule has 0 aliphatic heterocycles. The molecule has 1 aromatic carbocycles. The Bertz CT molecular complexity index is 510. The zero-order chi connectivity index (χ0) is 13.7. The van der Waals surface area contributed by atoms with Crippen LogP contribution >= 0.6 is 0 Å². The van der Waals surface area contributed by atoms with Gasteiger partial charge in [-0.1, -0.05) is 0 Å². The molecule has 0 atom stereocenters. The maximum Gasteiger partial charge on any atom is 0.241 e. The Labute approximate surface area is 107 Å². The van der Waals surface area contributed by atoms with Gasteiger partial charge < -0.3 is 14.4 Å². The molecule has 96 valence electrons. The number of carbonyl (C=O) groups excluding carboxylic acids is 1. The summed E-state index contributed by atoms with van der Waals surface area (Å²) in [6.45, 7) is 1.89. The smallest absolute Gasteiger partial charge is 0.241 e. The van der Waals surface area contributed by atoms with Crippen LogP contribution in [0, 0.1) is 18.9 Å². The van der Waals surface area contributed by atoms with Gasteiger partial charge in [0.1, 0.15) is 11.5 Å². The Morgan fingerprint density at radius 1 is 1.17 bits per heavy atom. The lowest BCUT2D eigenvalue weighted by atomic mass is 10.1. The molecule has 0 spiro atoms. The van der Waals surface area contributed by atoms with Crippen molar-refractivity contribution in [2.45, 2.75) is 6.92 Å². The summed E-state index contributed by atoms with van der Waals surface area (Å²) in [6.07, 6.45) is 0. The summed E-state index contributed by atoms with van der Waals surface area (Å²) >= 11 is 0. The van der Waals surface area contributed by atoms with Gasteiger partial charge in [-0.3, -0.25) is 4.79 Å². The van der Waals surface area contributed by atoms with Crippen molar-refractivity contribution in [3.63, 3.8) is 0 Å². The minimum atomic E-state index is -0.293. The van der Waals surface area contributed by atoms with Crippen LogP contribution in [0.1, 0.15) is 15.9 Å². The summed E-state index contributed by atoms with van der Waals surface area (Å²) < 4.78 is 10.4. The minimum Gasteiger partial charge on any atom is -0.496 e. The average molecular weight is 247 g/mol. The molecular formula is C14H17NO3. The van der Waals surface area contributed by atoms with Crippen molar-refractivity contribution in [1.82, 2.24) is 4.90 Å². The third-order valence-corrected chi connectivity index (χ3v) is 2.35. The second-order valence-electron chi connectivity index (χ2n) is 3.98. The summed E-state index contributed by atoms with van der Waals surface area (Å²) in [5, 5.41) is 0. The van der Waals surface area contributed by atoms with Gasteiger partial charge in [0.2, 0.25) is 5.78 Å². The highest BCUT2D eigenvalue weighted by Crippen LogP contribution is 2.28. The number of ether oxygens (including phenoxy) is 2. The van der Waals surface area contributed by atoms with E-state index in [2.05, 4.69) is 12.0 Å². The third-order valence-electron chi connectivity index (χ3n) is 2.35. The molecule has 4 nitrogen and oxygen atoms in total. The molecule has 0 aromatic heterocycles. The van der Waals surface area contributed by atoms with Crippen molar-refractivity contribution in [2.75, 3.05) is 28.3 Å². The van der Waals surface area contributed by atoms with Crippen LogP contribution in [0.5, 0.6) is 11.5 Å². The first-order valence-electron chi connectivity index (χ1n) is 5.45. The highest BCUT2D eigenvalue weighted by molar-refractivity contribution is 6.11. The fraction of sp³-hybridized carbons (Fsp3) is 0.357. The second-order valence-corrected chi connectivity index (χ2v) is 3.98. The van der Waals surface area contributed by atoms with E-state index in [1.165, 1.54) is 7.11 Å². The first kappa shape index (κ1) is 13.9. The highest BCUT2D eigenvalue weighted by Gasteiger charge is 2.14. The topological polar surface area (TPSA) is 38.8 Å². The number of aryl methyl sites for hydroxylation is 1. The summed E-state index contributed by atoms with van der Waals surface area (Å²) in [5.41, 5.74) is 1.32. The molecule has 0 radical (unpaired) electrons. The number of hydrogen-bond donors (Lipinski definition) is 0. The molecule has 0 aliphatic carbocycles. The number of nitrogens with zero attached hydrogens (tertiary/aromatic N) is 1. The number of rotatable bonds is 3. The normalized spacial score (nSPS) is 9.17. The van der Waals surface area contributed by atoms with Crippen molar-refractivity contribution >= 4 is 5.78 Å². The molecule has 1 aromatic rings. The van der Waals surface area contributed by atoms with Crippen molar-refractivity contribution in [1.29, 1.82) is 0 Å². The van der Waals surface area contributed by atoms with E-state index in [0.717, 1.165) is 5.56 Å². The molecule has 0 bridgehead atoms. The lowest BCUT2D eigenvalue weighted by Crippen LogP contribution is -2.05. The molecule has 1 rings (SSSR count). The molecule has 0 unspecified atom stereocenters. The molecule has 0 saturated heterocycles. The number of ketones is 1. The van der Waals surface area contributed by atoms with E-state index in [0.29, 0.717) is 17.1 Å². The lowest BCUT2D eigenvalue weighted by molar-refractivity contribution is 0.105. The molecule has 4 heteroatoms. The van der Waals surface area contributed by atoms with Crippen LogP contribution in [-0.4, -0.2) is 39.0 Å².